The summed E-state index contributed by atoms with van der Waals surface area (Å²) in [6, 6.07) is 13.8. The fourth-order valence-electron chi connectivity index (χ4n) is 3.56. The van der Waals surface area contributed by atoms with Crippen molar-refractivity contribution in [3.63, 3.8) is 0 Å². The maximum absolute atomic E-state index is 13.0. The third kappa shape index (κ3) is 4.86. The van der Waals surface area contributed by atoms with Gasteiger partial charge >= 0.3 is 0 Å². The zero-order valence-corrected chi connectivity index (χ0v) is 18.2. The van der Waals surface area contributed by atoms with Gasteiger partial charge in [0, 0.05) is 18.7 Å². The number of ketones is 1. The van der Waals surface area contributed by atoms with Crippen molar-refractivity contribution in [1.82, 2.24) is 9.80 Å². The maximum atomic E-state index is 13.0. The molecule has 162 valence electrons. The minimum absolute atomic E-state index is 0.0912. The van der Waals surface area contributed by atoms with Gasteiger partial charge in [-0.05, 0) is 38.7 Å². The Morgan fingerprint density at radius 1 is 1.19 bits per heavy atom. The van der Waals surface area contributed by atoms with Gasteiger partial charge in [0.1, 0.15) is 18.1 Å². The molecule has 0 aromatic heterocycles. The van der Waals surface area contributed by atoms with Gasteiger partial charge in [0.15, 0.2) is 0 Å². The number of ether oxygens (including phenoxy) is 1. The number of carbonyl (C=O) groups is 2. The number of benzene rings is 2. The Balaban J connectivity index is 2.12. The average molecular weight is 421 g/mol. The Hall–Kier alpha value is -3.38. The van der Waals surface area contributed by atoms with Crippen LogP contribution in [-0.4, -0.2) is 60.4 Å². The van der Waals surface area contributed by atoms with E-state index in [-0.39, 0.29) is 11.3 Å². The molecule has 3 rings (SSSR count). The number of amides is 1. The normalized spacial score (nSPS) is 17.9. The van der Waals surface area contributed by atoms with Crippen LogP contribution in [0.25, 0.3) is 5.76 Å². The van der Waals surface area contributed by atoms with Gasteiger partial charge in [-0.3, -0.25) is 9.59 Å². The molecule has 1 N–H and O–H groups in total. The fourth-order valence-corrected chi connectivity index (χ4v) is 3.56. The molecule has 0 saturated carbocycles. The number of nitrogens with zero attached hydrogens (tertiary/aromatic N) is 2. The van der Waals surface area contributed by atoms with E-state index in [2.05, 4.69) is 6.58 Å². The number of aliphatic hydroxyl groups is 1. The summed E-state index contributed by atoms with van der Waals surface area (Å²) < 4.78 is 5.64. The Kier molecular flexibility index (Phi) is 6.92. The molecule has 2 aromatic carbocycles. The molecule has 0 spiro atoms. The number of likely N-dealkylation sites (tertiary alicyclic amines) is 1. The number of aryl methyl sites for hydroxylation is 1. The van der Waals surface area contributed by atoms with Crippen LogP contribution < -0.4 is 4.74 Å². The predicted molar refractivity (Wildman–Crippen MR) is 121 cm³/mol. The summed E-state index contributed by atoms with van der Waals surface area (Å²) in [5.74, 6) is -0.865. The molecule has 0 radical (unpaired) electrons. The molecule has 1 saturated heterocycles. The predicted octanol–water partition coefficient (Wildman–Crippen LogP) is 3.54. The van der Waals surface area contributed by atoms with E-state index in [4.69, 9.17) is 4.74 Å². The second kappa shape index (κ2) is 9.62. The molecule has 31 heavy (non-hydrogen) atoms. The highest BCUT2D eigenvalue weighted by Gasteiger charge is 2.46. The lowest BCUT2D eigenvalue weighted by Crippen LogP contribution is -2.35. The van der Waals surface area contributed by atoms with E-state index in [0.29, 0.717) is 36.6 Å². The molecular formula is C25H28N2O4. The summed E-state index contributed by atoms with van der Waals surface area (Å²) in [4.78, 5) is 29.4. The molecule has 1 aliphatic heterocycles. The van der Waals surface area contributed by atoms with E-state index < -0.39 is 17.7 Å². The third-order valence-corrected chi connectivity index (χ3v) is 5.19. The highest BCUT2D eigenvalue weighted by molar-refractivity contribution is 6.46. The van der Waals surface area contributed by atoms with Crippen molar-refractivity contribution in [2.75, 3.05) is 33.8 Å². The van der Waals surface area contributed by atoms with E-state index in [1.807, 2.05) is 50.2 Å². The summed E-state index contributed by atoms with van der Waals surface area (Å²) in [6.45, 7) is 6.88. The number of likely N-dealkylation sites (N-methyl/N-ethyl adjacent to an activating group) is 1. The lowest BCUT2D eigenvalue weighted by atomic mass is 9.95. The van der Waals surface area contributed by atoms with Crippen molar-refractivity contribution in [3.8, 4) is 5.75 Å². The van der Waals surface area contributed by atoms with Crippen LogP contribution >= 0.6 is 0 Å². The molecule has 1 heterocycles. The second-order valence-corrected chi connectivity index (χ2v) is 7.83. The molecule has 1 aliphatic rings. The summed E-state index contributed by atoms with van der Waals surface area (Å²) in [7, 11) is 3.81. The van der Waals surface area contributed by atoms with Crippen molar-refractivity contribution in [1.29, 1.82) is 0 Å². The number of Topliss-reactive ketones (excluding diaryl/α,β-unsaturated/α-hetero) is 1. The Morgan fingerprint density at radius 3 is 2.55 bits per heavy atom. The zero-order valence-electron chi connectivity index (χ0n) is 18.2. The highest BCUT2D eigenvalue weighted by Crippen LogP contribution is 2.40. The monoisotopic (exact) mass is 420 g/mol. The van der Waals surface area contributed by atoms with E-state index >= 15 is 0 Å². The van der Waals surface area contributed by atoms with E-state index in [1.54, 1.807) is 30.3 Å². The molecule has 0 unspecified atom stereocenters. The summed E-state index contributed by atoms with van der Waals surface area (Å²) in [6.07, 6.45) is 1.65. The van der Waals surface area contributed by atoms with Crippen LogP contribution in [0.15, 0.2) is 66.8 Å². The third-order valence-electron chi connectivity index (χ3n) is 5.19. The minimum Gasteiger partial charge on any atom is -0.507 e. The Bertz CT molecular complexity index is 1010. The molecular weight excluding hydrogens is 392 g/mol. The van der Waals surface area contributed by atoms with Gasteiger partial charge in [0.25, 0.3) is 11.7 Å². The first-order chi connectivity index (χ1) is 14.8. The molecule has 6 heteroatoms. The largest absolute Gasteiger partial charge is 0.507 e. The molecule has 6 nitrogen and oxygen atoms in total. The van der Waals surface area contributed by atoms with Crippen molar-refractivity contribution in [2.45, 2.75) is 13.0 Å². The summed E-state index contributed by atoms with van der Waals surface area (Å²) in [5.41, 5.74) is 2.33. The minimum atomic E-state index is -0.700. The van der Waals surface area contributed by atoms with Crippen LogP contribution in [0.4, 0.5) is 0 Å². The summed E-state index contributed by atoms with van der Waals surface area (Å²) in [5, 5.41) is 11.1. The van der Waals surface area contributed by atoms with E-state index in [9.17, 15) is 14.7 Å². The van der Waals surface area contributed by atoms with Crippen molar-refractivity contribution < 1.29 is 19.4 Å². The highest BCUT2D eigenvalue weighted by atomic mass is 16.5. The van der Waals surface area contributed by atoms with Crippen molar-refractivity contribution in [3.05, 3.63) is 83.4 Å². The smallest absolute Gasteiger partial charge is 0.295 e. The van der Waals surface area contributed by atoms with Gasteiger partial charge in [-0.2, -0.15) is 0 Å². The van der Waals surface area contributed by atoms with Crippen LogP contribution in [0.1, 0.15) is 22.7 Å². The first kappa shape index (κ1) is 22.3. The first-order valence-corrected chi connectivity index (χ1v) is 10.2. The van der Waals surface area contributed by atoms with Gasteiger partial charge in [-0.1, -0.05) is 54.6 Å². The summed E-state index contributed by atoms with van der Waals surface area (Å²) >= 11 is 0. The Morgan fingerprint density at radius 2 is 1.90 bits per heavy atom. The quantitative estimate of drug-likeness (QED) is 0.306. The number of rotatable bonds is 8. The number of hydrogen-bond donors (Lipinski definition) is 1. The Labute approximate surface area is 183 Å². The molecule has 0 bridgehead atoms. The number of carbonyl (C=O) groups excluding carboxylic acids is 2. The molecule has 2 aromatic rings. The van der Waals surface area contributed by atoms with Crippen LogP contribution in [0.2, 0.25) is 0 Å². The van der Waals surface area contributed by atoms with Gasteiger partial charge in [0.2, 0.25) is 0 Å². The van der Waals surface area contributed by atoms with Crippen LogP contribution in [0.3, 0.4) is 0 Å². The van der Waals surface area contributed by atoms with Crippen LogP contribution in [0, 0.1) is 6.92 Å². The van der Waals surface area contributed by atoms with Crippen molar-refractivity contribution >= 4 is 17.4 Å². The van der Waals surface area contributed by atoms with E-state index in [1.165, 1.54) is 4.90 Å². The number of hydrogen-bond acceptors (Lipinski definition) is 5. The van der Waals surface area contributed by atoms with Gasteiger partial charge < -0.3 is 19.6 Å². The van der Waals surface area contributed by atoms with E-state index in [0.717, 1.165) is 5.56 Å². The first-order valence-electron chi connectivity index (χ1n) is 10.2. The average Bonchev–Trinajstić information content (AvgIpc) is 3.01. The molecule has 1 fully saturated rings. The zero-order chi connectivity index (χ0) is 22.5. The molecule has 1 atom stereocenters. The van der Waals surface area contributed by atoms with Gasteiger partial charge in [-0.25, -0.2) is 0 Å². The van der Waals surface area contributed by atoms with Gasteiger partial charge in [0.05, 0.1) is 11.6 Å². The fraction of sp³-hybridized carbons (Fsp3) is 0.280. The molecule has 1 amide bonds. The number of aliphatic hydroxyl groups excluding tert-OH is 1. The standard InChI is InChI=1S/C25H28N2O4/c1-5-15-31-20-8-6-7-19(16-20)22-21(23(28)18-11-9-17(2)10-12-18)24(29)25(30)27(22)14-13-26(3)4/h5-12,16,22,28H,1,13-15H2,2-4H3/b23-21+/t22-/m1/s1. The van der Waals surface area contributed by atoms with Gasteiger partial charge in [-0.15, -0.1) is 0 Å². The second-order valence-electron chi connectivity index (χ2n) is 7.83. The van der Waals surface area contributed by atoms with Crippen LogP contribution in [-0.2, 0) is 9.59 Å². The van der Waals surface area contributed by atoms with Crippen molar-refractivity contribution in [2.24, 2.45) is 0 Å². The van der Waals surface area contributed by atoms with Crippen LogP contribution in [0.5, 0.6) is 5.75 Å². The maximum Gasteiger partial charge on any atom is 0.295 e. The topological polar surface area (TPSA) is 70.1 Å². The lowest BCUT2D eigenvalue weighted by Gasteiger charge is -2.27. The SMILES string of the molecule is C=CCOc1cccc([C@@H]2/C(=C(\O)c3ccc(C)cc3)C(=O)C(=O)N2CCN(C)C)c1. The lowest BCUT2D eigenvalue weighted by molar-refractivity contribution is -0.140. The molecule has 0 aliphatic carbocycles.